The van der Waals surface area contributed by atoms with E-state index in [-0.39, 0.29) is 28.0 Å². The van der Waals surface area contributed by atoms with Crippen molar-refractivity contribution in [1.82, 2.24) is 4.98 Å². The van der Waals surface area contributed by atoms with Crippen molar-refractivity contribution in [2.75, 3.05) is 5.73 Å². The predicted molar refractivity (Wildman–Crippen MR) is 102 cm³/mol. The summed E-state index contributed by atoms with van der Waals surface area (Å²) < 4.78 is 5.77. The van der Waals surface area contributed by atoms with E-state index in [2.05, 4.69) is 11.1 Å². The van der Waals surface area contributed by atoms with Crippen molar-refractivity contribution in [2.24, 2.45) is 0 Å². The van der Waals surface area contributed by atoms with E-state index in [9.17, 15) is 15.3 Å². The molecule has 0 fully saturated rings. The van der Waals surface area contributed by atoms with Crippen LogP contribution in [0, 0.1) is 22.7 Å². The number of nitrogen functional groups attached to an aromatic ring is 1. The SMILES string of the molecule is N#Cc1c(N)nc([Se]CC(=O)c2ccc(Cl)cc2)c(C#N)c1-c1ccco1. The van der Waals surface area contributed by atoms with E-state index in [0.29, 0.717) is 26.5 Å². The molecule has 2 aromatic heterocycles. The molecule has 2 heterocycles. The zero-order valence-electron chi connectivity index (χ0n) is 13.8. The van der Waals surface area contributed by atoms with Crippen molar-refractivity contribution in [2.45, 2.75) is 5.32 Å². The number of hydrogen-bond donors (Lipinski definition) is 1. The second-order valence-electron chi connectivity index (χ2n) is 5.35. The number of rotatable bonds is 5. The Morgan fingerprint density at radius 2 is 1.89 bits per heavy atom. The Labute approximate surface area is 166 Å². The number of anilines is 1. The summed E-state index contributed by atoms with van der Waals surface area (Å²) in [4.78, 5) is 16.6. The Kier molecular flexibility index (Phi) is 5.59. The first-order valence-electron chi connectivity index (χ1n) is 7.64. The molecule has 0 radical (unpaired) electrons. The summed E-state index contributed by atoms with van der Waals surface area (Å²) in [5.41, 5.74) is 7.07. The number of nitrogens with two attached hydrogens (primary N) is 1. The average molecular weight is 442 g/mol. The number of furan rings is 1. The Hall–Kier alpha value is -3.09. The molecule has 0 aliphatic heterocycles. The molecule has 6 nitrogen and oxygen atoms in total. The summed E-state index contributed by atoms with van der Waals surface area (Å²) in [6.07, 6.45) is 1.45. The van der Waals surface area contributed by atoms with Crippen LogP contribution in [0.5, 0.6) is 0 Å². The molecule has 0 saturated heterocycles. The van der Waals surface area contributed by atoms with Crippen LogP contribution in [0.1, 0.15) is 21.5 Å². The van der Waals surface area contributed by atoms with Crippen LogP contribution in [0.15, 0.2) is 47.1 Å². The van der Waals surface area contributed by atoms with E-state index < -0.39 is 15.0 Å². The summed E-state index contributed by atoms with van der Waals surface area (Å²) >= 11 is 5.39. The molecule has 132 valence electrons. The van der Waals surface area contributed by atoms with Crippen molar-refractivity contribution in [3.63, 3.8) is 0 Å². The van der Waals surface area contributed by atoms with Crippen molar-refractivity contribution >= 4 is 42.8 Å². The molecule has 0 bridgehead atoms. The number of hydrogen-bond acceptors (Lipinski definition) is 6. The topological polar surface area (TPSA) is 117 Å². The van der Waals surface area contributed by atoms with E-state index in [4.69, 9.17) is 21.8 Å². The van der Waals surface area contributed by atoms with Gasteiger partial charge in [0.2, 0.25) is 0 Å². The molecule has 0 atom stereocenters. The number of benzene rings is 1. The summed E-state index contributed by atoms with van der Waals surface area (Å²) in [5.74, 6) is 0.289. The molecule has 0 unspecified atom stereocenters. The zero-order chi connectivity index (χ0) is 19.4. The van der Waals surface area contributed by atoms with E-state index in [1.807, 2.05) is 6.07 Å². The Balaban J connectivity index is 1.97. The van der Waals surface area contributed by atoms with Gasteiger partial charge in [0.05, 0.1) is 0 Å². The van der Waals surface area contributed by atoms with Gasteiger partial charge in [-0.15, -0.1) is 0 Å². The molecule has 0 spiro atoms. The second-order valence-corrected chi connectivity index (χ2v) is 7.81. The molecule has 0 aliphatic carbocycles. The van der Waals surface area contributed by atoms with Crippen molar-refractivity contribution in [1.29, 1.82) is 10.5 Å². The molecule has 1 aromatic carbocycles. The van der Waals surface area contributed by atoms with Gasteiger partial charge in [-0.25, -0.2) is 0 Å². The van der Waals surface area contributed by atoms with E-state index in [1.54, 1.807) is 36.4 Å². The molecule has 0 saturated carbocycles. The number of Topliss-reactive ketones (excluding diaryl/α,β-unsaturated/α-hetero) is 1. The van der Waals surface area contributed by atoms with Gasteiger partial charge in [0.1, 0.15) is 0 Å². The average Bonchev–Trinajstić information content (AvgIpc) is 3.20. The molecule has 27 heavy (non-hydrogen) atoms. The van der Waals surface area contributed by atoms with Crippen molar-refractivity contribution in [3.8, 4) is 23.5 Å². The fourth-order valence-corrected chi connectivity index (χ4v) is 4.41. The van der Waals surface area contributed by atoms with Gasteiger partial charge in [-0.2, -0.15) is 0 Å². The number of pyridine rings is 1. The Morgan fingerprint density at radius 1 is 1.19 bits per heavy atom. The van der Waals surface area contributed by atoms with E-state index in [0.717, 1.165) is 0 Å². The van der Waals surface area contributed by atoms with Crippen LogP contribution in [0.4, 0.5) is 5.82 Å². The molecule has 2 N–H and O–H groups in total. The first-order valence-corrected chi connectivity index (χ1v) is 10.1. The molecule has 8 heteroatoms. The number of carbonyl (C=O) groups is 1. The number of halogens is 1. The first kappa shape index (κ1) is 18.7. The molecule has 3 rings (SSSR count). The third-order valence-corrected chi connectivity index (χ3v) is 5.99. The van der Waals surface area contributed by atoms with Crippen LogP contribution in [-0.2, 0) is 0 Å². The van der Waals surface area contributed by atoms with E-state index in [1.165, 1.54) is 6.26 Å². The molecule has 0 amide bonds. The van der Waals surface area contributed by atoms with Gasteiger partial charge < -0.3 is 0 Å². The fourth-order valence-electron chi connectivity index (χ4n) is 2.42. The number of nitriles is 2. The van der Waals surface area contributed by atoms with Gasteiger partial charge in [-0.05, 0) is 0 Å². The molecule has 3 aromatic rings. The summed E-state index contributed by atoms with van der Waals surface area (Å²) in [6.45, 7) is 0. The monoisotopic (exact) mass is 442 g/mol. The minimum atomic E-state index is -0.453. The van der Waals surface area contributed by atoms with Gasteiger partial charge in [0.25, 0.3) is 0 Å². The van der Waals surface area contributed by atoms with Crippen molar-refractivity contribution in [3.05, 3.63) is 64.4 Å². The predicted octanol–water partition coefficient (Wildman–Crippen LogP) is 2.95. The van der Waals surface area contributed by atoms with Crippen LogP contribution in [0.25, 0.3) is 11.3 Å². The molecular formula is C19H11ClN4O2Se. The standard InChI is InChI=1S/C19H11ClN4O2Se/c20-12-5-3-11(4-6-12)15(25)10-27-19-14(9-22)17(16-2-1-7-26-16)13(8-21)18(23)24-19/h1-7H,10H2,(H2,23,24). The van der Waals surface area contributed by atoms with Crippen LogP contribution in [-0.4, -0.2) is 25.7 Å². The van der Waals surface area contributed by atoms with Crippen LogP contribution in [0.2, 0.25) is 10.3 Å². The first-order chi connectivity index (χ1) is 13.0. The number of nitrogens with zero attached hydrogens (tertiary/aromatic N) is 3. The molecular weight excluding hydrogens is 431 g/mol. The summed E-state index contributed by atoms with van der Waals surface area (Å²) in [7, 11) is 0. The Morgan fingerprint density at radius 3 is 2.48 bits per heavy atom. The zero-order valence-corrected chi connectivity index (χ0v) is 16.2. The summed E-state index contributed by atoms with van der Waals surface area (Å²) in [5, 5.41) is 19.8. The minimum absolute atomic E-state index is 0.0127. The second kappa shape index (κ2) is 8.07. The maximum atomic E-state index is 12.4. The third kappa shape index (κ3) is 3.86. The quantitative estimate of drug-likeness (QED) is 0.480. The fraction of sp³-hybridized carbons (Fsp3) is 0.0526. The van der Waals surface area contributed by atoms with Crippen LogP contribution < -0.4 is 10.3 Å². The van der Waals surface area contributed by atoms with Gasteiger partial charge in [-0.3, -0.25) is 0 Å². The normalized spacial score (nSPS) is 10.2. The number of carbonyl (C=O) groups excluding carboxylic acids is 1. The van der Waals surface area contributed by atoms with Gasteiger partial charge in [0, 0.05) is 0 Å². The Bertz CT molecular complexity index is 1080. The van der Waals surface area contributed by atoms with Gasteiger partial charge in [-0.1, -0.05) is 0 Å². The van der Waals surface area contributed by atoms with Crippen molar-refractivity contribution < 1.29 is 9.21 Å². The number of ketones is 1. The van der Waals surface area contributed by atoms with E-state index >= 15 is 0 Å². The third-order valence-electron chi connectivity index (χ3n) is 3.69. The maximum absolute atomic E-state index is 12.4. The van der Waals surface area contributed by atoms with Crippen LogP contribution >= 0.6 is 11.6 Å². The van der Waals surface area contributed by atoms with Gasteiger partial charge >= 0.3 is 166 Å². The number of aromatic nitrogens is 1. The van der Waals surface area contributed by atoms with Gasteiger partial charge in [0.15, 0.2) is 0 Å². The van der Waals surface area contributed by atoms with Crippen LogP contribution in [0.3, 0.4) is 0 Å². The summed E-state index contributed by atoms with van der Waals surface area (Å²) in [6, 6.07) is 14.0. The molecule has 0 aliphatic rings.